The summed E-state index contributed by atoms with van der Waals surface area (Å²) in [4.78, 5) is 0. The zero-order valence-corrected chi connectivity index (χ0v) is 11.7. The van der Waals surface area contributed by atoms with E-state index in [2.05, 4.69) is 35.1 Å². The molecule has 2 nitrogen and oxygen atoms in total. The second kappa shape index (κ2) is 5.04. The van der Waals surface area contributed by atoms with Gasteiger partial charge in [-0.2, -0.15) is 0 Å². The normalized spacial score (nSPS) is 19.8. The Labute approximate surface area is 110 Å². The lowest BCUT2D eigenvalue weighted by molar-refractivity contribution is -0.0999. The highest BCUT2D eigenvalue weighted by atomic mass is 79.9. The fourth-order valence-corrected chi connectivity index (χ4v) is 2.25. The summed E-state index contributed by atoms with van der Waals surface area (Å²) >= 11 is 3.21. The van der Waals surface area contributed by atoms with E-state index in [1.807, 2.05) is 12.1 Å². The molecule has 0 amide bonds. The first-order valence-electron chi connectivity index (χ1n) is 5.76. The van der Waals surface area contributed by atoms with E-state index in [0.29, 0.717) is 4.47 Å². The molecule has 1 aliphatic heterocycles. The Morgan fingerprint density at radius 2 is 2.24 bits per heavy atom. The molecule has 17 heavy (non-hydrogen) atoms. The summed E-state index contributed by atoms with van der Waals surface area (Å²) in [7, 11) is 0. The van der Waals surface area contributed by atoms with Crippen LogP contribution in [0.25, 0.3) is 0 Å². The van der Waals surface area contributed by atoms with Crippen molar-refractivity contribution in [3.63, 3.8) is 0 Å². The second-order valence-corrected chi connectivity index (χ2v) is 5.93. The van der Waals surface area contributed by atoms with Gasteiger partial charge in [0.1, 0.15) is 5.82 Å². The van der Waals surface area contributed by atoms with Crippen molar-refractivity contribution in [2.75, 3.05) is 19.8 Å². The maximum atomic E-state index is 13.1. The monoisotopic (exact) mass is 301 g/mol. The van der Waals surface area contributed by atoms with E-state index in [0.717, 1.165) is 25.3 Å². The molecular formula is C13H17BrFNO. The molecule has 0 bridgehead atoms. The fraction of sp³-hybridized carbons (Fsp3) is 0.538. The molecule has 0 spiro atoms. The van der Waals surface area contributed by atoms with Crippen molar-refractivity contribution >= 4 is 15.9 Å². The topological polar surface area (TPSA) is 21.3 Å². The molecule has 1 aromatic rings. The van der Waals surface area contributed by atoms with E-state index >= 15 is 0 Å². The van der Waals surface area contributed by atoms with Gasteiger partial charge in [0.05, 0.1) is 17.7 Å². The van der Waals surface area contributed by atoms with Gasteiger partial charge in [-0.05, 0) is 40.5 Å². The molecule has 1 aliphatic rings. The molecule has 1 N–H and O–H groups in total. The van der Waals surface area contributed by atoms with Gasteiger partial charge in [-0.3, -0.25) is 0 Å². The molecule has 2 rings (SSSR count). The van der Waals surface area contributed by atoms with Crippen molar-refractivity contribution in [1.29, 1.82) is 0 Å². The van der Waals surface area contributed by atoms with Crippen LogP contribution in [0.2, 0.25) is 0 Å². The van der Waals surface area contributed by atoms with E-state index in [4.69, 9.17) is 4.74 Å². The van der Waals surface area contributed by atoms with Crippen LogP contribution in [-0.4, -0.2) is 19.8 Å². The van der Waals surface area contributed by atoms with Gasteiger partial charge in [-0.25, -0.2) is 4.39 Å². The Hall–Kier alpha value is -0.450. The third-order valence-electron chi connectivity index (χ3n) is 3.18. The first kappa shape index (κ1) is 13.0. The van der Waals surface area contributed by atoms with Gasteiger partial charge in [-0.15, -0.1) is 0 Å². The molecule has 1 fully saturated rings. The summed E-state index contributed by atoms with van der Waals surface area (Å²) in [6, 6.07) is 5.35. The van der Waals surface area contributed by atoms with Crippen LogP contribution in [0, 0.1) is 11.2 Å². The number of hydrogen-bond acceptors (Lipinski definition) is 2. The Bertz CT molecular complexity index is 406. The van der Waals surface area contributed by atoms with Crippen LogP contribution in [0.15, 0.2) is 22.7 Å². The number of halogens is 2. The van der Waals surface area contributed by atoms with Crippen molar-refractivity contribution in [2.24, 2.45) is 5.41 Å². The van der Waals surface area contributed by atoms with Crippen LogP contribution in [0.3, 0.4) is 0 Å². The van der Waals surface area contributed by atoms with E-state index in [9.17, 15) is 4.39 Å². The molecule has 0 radical (unpaired) electrons. The van der Waals surface area contributed by atoms with Crippen LogP contribution in [0.5, 0.6) is 0 Å². The number of benzene rings is 1. The summed E-state index contributed by atoms with van der Waals surface area (Å²) in [5.74, 6) is -0.222. The summed E-state index contributed by atoms with van der Waals surface area (Å²) < 4.78 is 18.8. The summed E-state index contributed by atoms with van der Waals surface area (Å²) in [6.45, 7) is 6.85. The van der Waals surface area contributed by atoms with Crippen molar-refractivity contribution in [1.82, 2.24) is 5.32 Å². The minimum Gasteiger partial charge on any atom is -0.380 e. The summed E-state index contributed by atoms with van der Waals surface area (Å²) in [5, 5.41) is 3.46. The predicted octanol–water partition coefficient (Wildman–Crippen LogP) is 3.28. The first-order valence-corrected chi connectivity index (χ1v) is 6.56. The molecular weight excluding hydrogens is 285 g/mol. The van der Waals surface area contributed by atoms with Gasteiger partial charge in [0.2, 0.25) is 0 Å². The lowest BCUT2D eigenvalue weighted by Gasteiger charge is -2.39. The molecule has 1 unspecified atom stereocenters. The number of nitrogens with one attached hydrogen (secondary N) is 1. The van der Waals surface area contributed by atoms with Gasteiger partial charge >= 0.3 is 0 Å². The quantitative estimate of drug-likeness (QED) is 0.921. The smallest absolute Gasteiger partial charge is 0.137 e. The van der Waals surface area contributed by atoms with Crippen LogP contribution in [0.1, 0.15) is 25.5 Å². The Morgan fingerprint density at radius 3 is 2.76 bits per heavy atom. The van der Waals surface area contributed by atoms with Crippen LogP contribution in [0.4, 0.5) is 4.39 Å². The zero-order chi connectivity index (χ0) is 12.5. The maximum absolute atomic E-state index is 13.1. The standard InChI is InChI=1S/C13H17BrFNO/c1-9(16-6-13(2)7-17-8-13)10-3-4-12(15)11(14)5-10/h3-5,9,16H,6-8H2,1-2H3. The van der Waals surface area contributed by atoms with E-state index in [-0.39, 0.29) is 17.3 Å². The SMILES string of the molecule is CC(NCC1(C)COC1)c1ccc(F)c(Br)c1. The van der Waals surface area contributed by atoms with E-state index < -0.39 is 0 Å². The first-order chi connectivity index (χ1) is 8.00. The fourth-order valence-electron chi connectivity index (χ4n) is 1.85. The van der Waals surface area contributed by atoms with Crippen molar-refractivity contribution in [3.05, 3.63) is 34.1 Å². The summed E-state index contributed by atoms with van der Waals surface area (Å²) in [5.41, 5.74) is 1.34. The molecule has 1 heterocycles. The molecule has 1 saturated heterocycles. The maximum Gasteiger partial charge on any atom is 0.137 e. The minimum absolute atomic E-state index is 0.212. The molecule has 0 saturated carbocycles. The number of rotatable bonds is 4. The second-order valence-electron chi connectivity index (χ2n) is 5.08. The van der Waals surface area contributed by atoms with E-state index in [1.54, 1.807) is 0 Å². The Kier molecular flexibility index (Phi) is 3.85. The largest absolute Gasteiger partial charge is 0.380 e. The van der Waals surface area contributed by atoms with Crippen LogP contribution in [-0.2, 0) is 4.74 Å². The predicted molar refractivity (Wildman–Crippen MR) is 69.4 cm³/mol. The van der Waals surface area contributed by atoms with Gasteiger partial charge in [0.15, 0.2) is 0 Å². The van der Waals surface area contributed by atoms with E-state index in [1.165, 1.54) is 6.07 Å². The molecule has 0 aliphatic carbocycles. The summed E-state index contributed by atoms with van der Waals surface area (Å²) in [6.07, 6.45) is 0. The Balaban J connectivity index is 1.94. The highest BCUT2D eigenvalue weighted by Crippen LogP contribution is 2.27. The van der Waals surface area contributed by atoms with Crippen molar-refractivity contribution in [2.45, 2.75) is 19.9 Å². The molecule has 1 aromatic carbocycles. The lowest BCUT2D eigenvalue weighted by Crippen LogP contribution is -2.47. The molecule has 1 atom stereocenters. The highest BCUT2D eigenvalue weighted by molar-refractivity contribution is 9.10. The average molecular weight is 302 g/mol. The van der Waals surface area contributed by atoms with Crippen LogP contribution >= 0.6 is 15.9 Å². The molecule has 94 valence electrons. The molecule has 0 aromatic heterocycles. The third-order valence-corrected chi connectivity index (χ3v) is 3.79. The van der Waals surface area contributed by atoms with Gasteiger partial charge in [-0.1, -0.05) is 13.0 Å². The number of hydrogen-bond donors (Lipinski definition) is 1. The van der Waals surface area contributed by atoms with Gasteiger partial charge in [0.25, 0.3) is 0 Å². The Morgan fingerprint density at radius 1 is 1.53 bits per heavy atom. The van der Waals surface area contributed by atoms with Crippen molar-refractivity contribution in [3.8, 4) is 0 Å². The lowest BCUT2D eigenvalue weighted by atomic mass is 9.88. The number of ether oxygens (including phenoxy) is 1. The third kappa shape index (κ3) is 3.06. The van der Waals surface area contributed by atoms with Gasteiger partial charge in [0, 0.05) is 18.0 Å². The average Bonchev–Trinajstić information content (AvgIpc) is 2.27. The zero-order valence-electron chi connectivity index (χ0n) is 10.1. The minimum atomic E-state index is -0.222. The van der Waals surface area contributed by atoms with Crippen LogP contribution < -0.4 is 5.32 Å². The van der Waals surface area contributed by atoms with Crippen molar-refractivity contribution < 1.29 is 9.13 Å². The molecule has 4 heteroatoms. The highest BCUT2D eigenvalue weighted by Gasteiger charge is 2.33. The van der Waals surface area contributed by atoms with Gasteiger partial charge < -0.3 is 10.1 Å².